The first kappa shape index (κ1) is 19.9. The van der Waals surface area contributed by atoms with Gasteiger partial charge in [-0.25, -0.2) is 4.98 Å². The highest BCUT2D eigenvalue weighted by atomic mass is 19.4. The number of alkyl halides is 3. The van der Waals surface area contributed by atoms with Crippen molar-refractivity contribution in [3.05, 3.63) is 59.0 Å². The summed E-state index contributed by atoms with van der Waals surface area (Å²) in [7, 11) is 0. The van der Waals surface area contributed by atoms with Gasteiger partial charge < -0.3 is 14.2 Å². The van der Waals surface area contributed by atoms with Crippen LogP contribution in [0.15, 0.2) is 41.1 Å². The Balaban J connectivity index is 1.22. The second-order valence-corrected chi connectivity index (χ2v) is 8.18. The van der Waals surface area contributed by atoms with E-state index in [2.05, 4.69) is 17.1 Å². The summed E-state index contributed by atoms with van der Waals surface area (Å²) in [6.45, 7) is 2.08. The Bertz CT molecular complexity index is 1110. The zero-order valence-corrected chi connectivity index (χ0v) is 16.9. The van der Waals surface area contributed by atoms with E-state index in [4.69, 9.17) is 4.42 Å². The molecule has 1 fully saturated rings. The SMILES string of the molecule is O=C(Cc1coc2cc3c(cc12)CCC3)N1CCN(c2ccc(C(F)(F)F)cn2)CC1. The molecule has 1 aliphatic carbocycles. The third-order valence-corrected chi connectivity index (χ3v) is 6.24. The summed E-state index contributed by atoms with van der Waals surface area (Å²) in [5, 5.41) is 1.02. The van der Waals surface area contributed by atoms with Crippen LogP contribution in [0.25, 0.3) is 11.0 Å². The monoisotopic (exact) mass is 429 g/mol. The van der Waals surface area contributed by atoms with Crippen molar-refractivity contribution in [3.63, 3.8) is 0 Å². The van der Waals surface area contributed by atoms with E-state index in [0.29, 0.717) is 32.0 Å². The second kappa shape index (κ2) is 7.59. The molecule has 162 valence electrons. The molecule has 0 spiro atoms. The van der Waals surface area contributed by atoms with Crippen LogP contribution in [-0.2, 0) is 30.2 Å². The van der Waals surface area contributed by atoms with Gasteiger partial charge in [0.25, 0.3) is 0 Å². The maximum atomic E-state index is 12.9. The van der Waals surface area contributed by atoms with Gasteiger partial charge in [-0.15, -0.1) is 0 Å². The lowest BCUT2D eigenvalue weighted by molar-refractivity contribution is -0.137. The number of piperazine rings is 1. The van der Waals surface area contributed by atoms with Gasteiger partial charge in [-0.1, -0.05) is 0 Å². The Morgan fingerprint density at radius 2 is 1.81 bits per heavy atom. The molecule has 3 aromatic rings. The lowest BCUT2D eigenvalue weighted by atomic mass is 10.0. The minimum atomic E-state index is -4.39. The van der Waals surface area contributed by atoms with Gasteiger partial charge in [-0.3, -0.25) is 4.79 Å². The highest BCUT2D eigenvalue weighted by Gasteiger charge is 2.31. The quantitative estimate of drug-likeness (QED) is 0.626. The Morgan fingerprint density at radius 3 is 2.48 bits per heavy atom. The van der Waals surface area contributed by atoms with Crippen LogP contribution in [0.4, 0.5) is 19.0 Å². The van der Waals surface area contributed by atoms with E-state index in [-0.39, 0.29) is 12.3 Å². The molecule has 1 saturated heterocycles. The van der Waals surface area contributed by atoms with Gasteiger partial charge in [0.05, 0.1) is 18.2 Å². The van der Waals surface area contributed by atoms with E-state index in [0.717, 1.165) is 48.1 Å². The molecule has 0 atom stereocenters. The standard InChI is InChI=1S/C23H22F3N3O2/c24-23(25,26)18-4-5-21(27-13-18)28-6-8-29(9-7-28)22(30)12-17-14-31-20-11-16-3-1-2-15(16)10-19(17)20/h4-5,10-11,13-14H,1-3,6-9,12H2. The van der Waals surface area contributed by atoms with Gasteiger partial charge >= 0.3 is 6.18 Å². The number of hydrogen-bond acceptors (Lipinski definition) is 4. The zero-order valence-electron chi connectivity index (χ0n) is 16.9. The van der Waals surface area contributed by atoms with Crippen LogP contribution < -0.4 is 4.90 Å². The van der Waals surface area contributed by atoms with Gasteiger partial charge in [-0.05, 0) is 54.7 Å². The molecule has 0 unspecified atom stereocenters. The number of anilines is 1. The summed E-state index contributed by atoms with van der Waals surface area (Å²) in [6.07, 6.45) is 1.74. The van der Waals surface area contributed by atoms with Crippen LogP contribution in [0.1, 0.15) is 28.7 Å². The first-order chi connectivity index (χ1) is 14.9. The lowest BCUT2D eigenvalue weighted by Crippen LogP contribution is -2.49. The molecular formula is C23H22F3N3O2. The van der Waals surface area contributed by atoms with Crippen LogP contribution in [0.3, 0.4) is 0 Å². The summed E-state index contributed by atoms with van der Waals surface area (Å²) < 4.78 is 43.9. The molecule has 5 nitrogen and oxygen atoms in total. The van der Waals surface area contributed by atoms with Crippen molar-refractivity contribution in [1.82, 2.24) is 9.88 Å². The van der Waals surface area contributed by atoms with Crippen LogP contribution in [-0.4, -0.2) is 42.0 Å². The van der Waals surface area contributed by atoms with Gasteiger partial charge in [0.15, 0.2) is 0 Å². The van der Waals surface area contributed by atoms with Crippen LogP contribution in [0.2, 0.25) is 0 Å². The number of rotatable bonds is 3. The largest absolute Gasteiger partial charge is 0.464 e. The van der Waals surface area contributed by atoms with E-state index in [1.165, 1.54) is 17.2 Å². The maximum absolute atomic E-state index is 12.9. The van der Waals surface area contributed by atoms with E-state index < -0.39 is 11.7 Å². The fourth-order valence-electron chi connectivity index (χ4n) is 4.49. The molecule has 2 aliphatic rings. The van der Waals surface area contributed by atoms with Crippen molar-refractivity contribution in [1.29, 1.82) is 0 Å². The Hall–Kier alpha value is -3.03. The van der Waals surface area contributed by atoms with E-state index in [1.54, 1.807) is 11.2 Å². The summed E-state index contributed by atoms with van der Waals surface area (Å²) in [4.78, 5) is 20.5. The third-order valence-electron chi connectivity index (χ3n) is 6.24. The number of hydrogen-bond donors (Lipinski definition) is 0. The highest BCUT2D eigenvalue weighted by molar-refractivity contribution is 5.88. The number of aromatic nitrogens is 1. The minimum Gasteiger partial charge on any atom is -0.464 e. The topological polar surface area (TPSA) is 49.6 Å². The zero-order chi connectivity index (χ0) is 21.6. The summed E-state index contributed by atoms with van der Waals surface area (Å²) in [5.74, 6) is 0.526. The molecular weight excluding hydrogens is 407 g/mol. The van der Waals surface area contributed by atoms with Crippen molar-refractivity contribution >= 4 is 22.7 Å². The molecule has 1 aromatic carbocycles. The fraction of sp³-hybridized carbons (Fsp3) is 0.391. The van der Waals surface area contributed by atoms with Crippen LogP contribution >= 0.6 is 0 Å². The summed E-state index contributed by atoms with van der Waals surface area (Å²) >= 11 is 0. The van der Waals surface area contributed by atoms with Crippen molar-refractivity contribution in [2.45, 2.75) is 31.9 Å². The average molecular weight is 429 g/mol. The average Bonchev–Trinajstić information content (AvgIpc) is 3.38. The molecule has 0 bridgehead atoms. The Labute approximate surface area is 177 Å². The highest BCUT2D eigenvalue weighted by Crippen LogP contribution is 2.31. The van der Waals surface area contributed by atoms with Crippen LogP contribution in [0, 0.1) is 0 Å². The van der Waals surface area contributed by atoms with E-state index in [1.807, 2.05) is 4.90 Å². The molecule has 0 N–H and O–H groups in total. The lowest BCUT2D eigenvalue weighted by Gasteiger charge is -2.35. The molecule has 8 heteroatoms. The molecule has 0 saturated carbocycles. The number of furan rings is 1. The maximum Gasteiger partial charge on any atom is 0.417 e. The first-order valence-electron chi connectivity index (χ1n) is 10.5. The van der Waals surface area contributed by atoms with E-state index >= 15 is 0 Å². The van der Waals surface area contributed by atoms with Crippen molar-refractivity contribution in [2.75, 3.05) is 31.1 Å². The molecule has 1 aliphatic heterocycles. The molecule has 31 heavy (non-hydrogen) atoms. The van der Waals surface area contributed by atoms with Gasteiger partial charge in [0, 0.05) is 43.3 Å². The summed E-state index contributed by atoms with van der Waals surface area (Å²) in [6, 6.07) is 6.69. The smallest absolute Gasteiger partial charge is 0.417 e. The molecule has 1 amide bonds. The number of amides is 1. The van der Waals surface area contributed by atoms with Crippen molar-refractivity contribution < 1.29 is 22.4 Å². The van der Waals surface area contributed by atoms with Crippen molar-refractivity contribution in [2.24, 2.45) is 0 Å². The first-order valence-corrected chi connectivity index (χ1v) is 10.5. The normalized spacial score (nSPS) is 16.7. The number of benzene rings is 1. The van der Waals surface area contributed by atoms with Gasteiger partial charge in [-0.2, -0.15) is 13.2 Å². The minimum absolute atomic E-state index is 0.0308. The second-order valence-electron chi connectivity index (χ2n) is 8.18. The fourth-order valence-corrected chi connectivity index (χ4v) is 4.49. The number of fused-ring (bicyclic) bond motifs is 2. The number of aryl methyl sites for hydroxylation is 2. The molecule has 0 radical (unpaired) electrons. The number of carbonyl (C=O) groups excluding carboxylic acids is 1. The number of pyridine rings is 1. The van der Waals surface area contributed by atoms with Gasteiger partial charge in [0.2, 0.25) is 5.91 Å². The van der Waals surface area contributed by atoms with Gasteiger partial charge in [0.1, 0.15) is 11.4 Å². The Morgan fingerprint density at radius 1 is 1.06 bits per heavy atom. The van der Waals surface area contributed by atoms with Crippen molar-refractivity contribution in [3.8, 4) is 0 Å². The third kappa shape index (κ3) is 3.86. The summed E-state index contributed by atoms with van der Waals surface area (Å²) in [5.41, 5.74) is 3.67. The number of halogens is 3. The van der Waals surface area contributed by atoms with E-state index in [9.17, 15) is 18.0 Å². The predicted molar refractivity (Wildman–Crippen MR) is 110 cm³/mol. The predicted octanol–water partition coefficient (Wildman–Crippen LogP) is 4.23. The van der Waals surface area contributed by atoms with Crippen LogP contribution in [0.5, 0.6) is 0 Å². The number of carbonyl (C=O) groups is 1. The molecule has 5 rings (SSSR count). The molecule has 2 aromatic heterocycles. The Kier molecular flexibility index (Phi) is 4.87. The number of nitrogens with zero attached hydrogens (tertiary/aromatic N) is 3. The molecule has 3 heterocycles.